The Balaban J connectivity index is 1.67. The molecule has 2 nitrogen and oxygen atoms in total. The van der Waals surface area contributed by atoms with Gasteiger partial charge >= 0.3 is 0 Å². The van der Waals surface area contributed by atoms with Crippen LogP contribution in [0.5, 0.6) is 0 Å². The first-order chi connectivity index (χ1) is 9.13. The van der Waals surface area contributed by atoms with Gasteiger partial charge in [0, 0.05) is 17.8 Å². The van der Waals surface area contributed by atoms with Crippen molar-refractivity contribution in [2.75, 3.05) is 6.54 Å². The normalized spacial score (nSPS) is 30.8. The van der Waals surface area contributed by atoms with Crippen LogP contribution in [-0.4, -0.2) is 17.3 Å². The number of amides is 1. The summed E-state index contributed by atoms with van der Waals surface area (Å²) in [6.07, 6.45) is 8.61. The molecule has 2 bridgehead atoms. The van der Waals surface area contributed by atoms with Crippen molar-refractivity contribution >= 4 is 21.8 Å². The van der Waals surface area contributed by atoms with E-state index < -0.39 is 0 Å². The maximum atomic E-state index is 12.0. The third-order valence-electron chi connectivity index (χ3n) is 5.39. The molecule has 110 valence electrons. The van der Waals surface area contributed by atoms with Gasteiger partial charge in [-0.3, -0.25) is 4.79 Å². The van der Waals surface area contributed by atoms with Crippen molar-refractivity contribution in [3.05, 3.63) is 0 Å². The average molecular weight is 330 g/mol. The molecule has 0 aliphatic heterocycles. The van der Waals surface area contributed by atoms with Crippen LogP contribution in [0, 0.1) is 23.7 Å². The van der Waals surface area contributed by atoms with Crippen LogP contribution in [0.15, 0.2) is 0 Å². The number of carbonyl (C=O) groups is 1. The van der Waals surface area contributed by atoms with E-state index in [9.17, 15) is 4.79 Å². The molecule has 0 aromatic carbocycles. The van der Waals surface area contributed by atoms with Crippen LogP contribution in [0.4, 0.5) is 0 Å². The fourth-order valence-corrected chi connectivity index (χ4v) is 5.02. The zero-order chi connectivity index (χ0) is 13.8. The van der Waals surface area contributed by atoms with Crippen LogP contribution in [-0.2, 0) is 4.79 Å². The third kappa shape index (κ3) is 3.96. The Kier molecular flexibility index (Phi) is 5.73. The van der Waals surface area contributed by atoms with Gasteiger partial charge in [-0.2, -0.15) is 0 Å². The Morgan fingerprint density at radius 1 is 1.26 bits per heavy atom. The van der Waals surface area contributed by atoms with Gasteiger partial charge in [-0.25, -0.2) is 0 Å². The molecule has 1 amide bonds. The van der Waals surface area contributed by atoms with E-state index in [1.54, 1.807) is 0 Å². The van der Waals surface area contributed by atoms with Crippen molar-refractivity contribution in [3.63, 3.8) is 0 Å². The zero-order valence-corrected chi connectivity index (χ0v) is 13.9. The number of hydrogen-bond acceptors (Lipinski definition) is 1. The van der Waals surface area contributed by atoms with Gasteiger partial charge in [0.2, 0.25) is 5.91 Å². The van der Waals surface area contributed by atoms with E-state index in [1.165, 1.54) is 38.5 Å². The quantitative estimate of drug-likeness (QED) is 0.699. The molecule has 0 aromatic rings. The van der Waals surface area contributed by atoms with Gasteiger partial charge in [0.25, 0.3) is 0 Å². The van der Waals surface area contributed by atoms with Crippen molar-refractivity contribution in [1.82, 2.24) is 5.32 Å². The minimum Gasteiger partial charge on any atom is -0.355 e. The van der Waals surface area contributed by atoms with Crippen LogP contribution < -0.4 is 5.32 Å². The highest BCUT2D eigenvalue weighted by atomic mass is 79.9. The number of hydrogen-bond donors (Lipinski definition) is 1. The third-order valence-corrected chi connectivity index (χ3v) is 6.46. The lowest BCUT2D eigenvalue weighted by Gasteiger charge is -2.23. The van der Waals surface area contributed by atoms with Gasteiger partial charge < -0.3 is 5.32 Å². The number of nitrogens with one attached hydrogen (secondary N) is 1. The largest absolute Gasteiger partial charge is 0.355 e. The van der Waals surface area contributed by atoms with Crippen molar-refractivity contribution in [2.24, 2.45) is 23.7 Å². The first-order valence-electron chi connectivity index (χ1n) is 8.04. The Morgan fingerprint density at radius 3 is 2.53 bits per heavy atom. The molecule has 0 spiro atoms. The van der Waals surface area contributed by atoms with Gasteiger partial charge in [-0.15, -0.1) is 0 Å². The summed E-state index contributed by atoms with van der Waals surface area (Å²) in [5.74, 6) is 3.42. The molecule has 0 aromatic heterocycles. The molecule has 0 heterocycles. The molecular weight excluding hydrogens is 302 g/mol. The molecule has 4 unspecified atom stereocenters. The topological polar surface area (TPSA) is 29.1 Å². The number of fused-ring (bicyclic) bond motifs is 2. The summed E-state index contributed by atoms with van der Waals surface area (Å²) in [5.41, 5.74) is 0. The summed E-state index contributed by atoms with van der Waals surface area (Å²) in [5, 5.41) is 3.13. The highest BCUT2D eigenvalue weighted by molar-refractivity contribution is 9.09. The SMILES string of the molecule is CCC(CC)C(Br)CNC(=O)CC1CC2CCC1C2. The molecule has 19 heavy (non-hydrogen) atoms. The molecule has 2 aliphatic carbocycles. The minimum atomic E-state index is 0.271. The second-order valence-electron chi connectivity index (χ2n) is 6.54. The van der Waals surface area contributed by atoms with E-state index in [-0.39, 0.29) is 5.91 Å². The Bertz CT molecular complexity index is 303. The summed E-state index contributed by atoms with van der Waals surface area (Å²) >= 11 is 3.72. The van der Waals surface area contributed by atoms with Crippen molar-refractivity contribution in [2.45, 2.75) is 63.6 Å². The van der Waals surface area contributed by atoms with Crippen molar-refractivity contribution in [3.8, 4) is 0 Å². The molecule has 3 heteroatoms. The predicted octanol–water partition coefficient (Wildman–Crippen LogP) is 4.13. The van der Waals surface area contributed by atoms with Crippen LogP contribution in [0.3, 0.4) is 0 Å². The maximum Gasteiger partial charge on any atom is 0.220 e. The first-order valence-corrected chi connectivity index (χ1v) is 8.96. The van der Waals surface area contributed by atoms with E-state index in [0.717, 1.165) is 24.8 Å². The first kappa shape index (κ1) is 15.3. The van der Waals surface area contributed by atoms with Crippen LogP contribution >= 0.6 is 15.9 Å². The van der Waals surface area contributed by atoms with Crippen molar-refractivity contribution < 1.29 is 4.79 Å². The number of rotatable bonds is 7. The van der Waals surface area contributed by atoms with E-state index in [2.05, 4.69) is 35.1 Å². The van der Waals surface area contributed by atoms with Gasteiger partial charge in [-0.1, -0.05) is 49.0 Å². The lowest BCUT2D eigenvalue weighted by molar-refractivity contribution is -0.122. The van der Waals surface area contributed by atoms with Gasteiger partial charge in [0.1, 0.15) is 0 Å². The highest BCUT2D eigenvalue weighted by Gasteiger charge is 2.40. The van der Waals surface area contributed by atoms with E-state index in [0.29, 0.717) is 16.7 Å². The molecule has 0 radical (unpaired) electrons. The monoisotopic (exact) mass is 329 g/mol. The van der Waals surface area contributed by atoms with Crippen LogP contribution in [0.1, 0.15) is 58.8 Å². The van der Waals surface area contributed by atoms with Gasteiger partial charge in [0.05, 0.1) is 0 Å². The summed E-state index contributed by atoms with van der Waals surface area (Å²) in [7, 11) is 0. The van der Waals surface area contributed by atoms with E-state index in [4.69, 9.17) is 0 Å². The molecule has 2 fully saturated rings. The summed E-state index contributed by atoms with van der Waals surface area (Å²) in [6.45, 7) is 5.23. The fraction of sp³-hybridized carbons (Fsp3) is 0.938. The lowest BCUT2D eigenvalue weighted by Crippen LogP contribution is -2.34. The second-order valence-corrected chi connectivity index (χ2v) is 7.71. The number of alkyl halides is 1. The molecule has 4 atom stereocenters. The van der Waals surface area contributed by atoms with Crippen LogP contribution in [0.2, 0.25) is 0 Å². The van der Waals surface area contributed by atoms with E-state index in [1.807, 2.05) is 0 Å². The minimum absolute atomic E-state index is 0.271. The number of carbonyl (C=O) groups excluding carboxylic acids is 1. The number of halogens is 1. The standard InChI is InChI=1S/C16H28BrNO/c1-3-12(4-2)15(17)10-18-16(19)9-14-8-11-5-6-13(14)7-11/h11-15H,3-10H2,1-2H3,(H,18,19). The van der Waals surface area contributed by atoms with Crippen molar-refractivity contribution in [1.29, 1.82) is 0 Å². The second kappa shape index (κ2) is 7.10. The summed E-state index contributed by atoms with van der Waals surface area (Å²) in [6, 6.07) is 0. The molecule has 2 saturated carbocycles. The lowest BCUT2D eigenvalue weighted by atomic mass is 9.86. The Labute approximate surface area is 126 Å². The summed E-state index contributed by atoms with van der Waals surface area (Å²) in [4.78, 5) is 12.5. The average Bonchev–Trinajstić information content (AvgIpc) is 3.00. The molecule has 0 saturated heterocycles. The van der Waals surface area contributed by atoms with Gasteiger partial charge in [0.15, 0.2) is 0 Å². The predicted molar refractivity (Wildman–Crippen MR) is 83.4 cm³/mol. The maximum absolute atomic E-state index is 12.0. The highest BCUT2D eigenvalue weighted by Crippen LogP contribution is 2.49. The molecule has 2 aliphatic rings. The van der Waals surface area contributed by atoms with Gasteiger partial charge in [-0.05, 0) is 42.9 Å². The zero-order valence-electron chi connectivity index (χ0n) is 12.3. The Morgan fingerprint density at radius 2 is 2.00 bits per heavy atom. The Hall–Kier alpha value is -0.0500. The fourth-order valence-electron chi connectivity index (χ4n) is 4.11. The van der Waals surface area contributed by atoms with E-state index >= 15 is 0 Å². The van der Waals surface area contributed by atoms with Crippen LogP contribution in [0.25, 0.3) is 0 Å². The smallest absolute Gasteiger partial charge is 0.220 e. The summed E-state index contributed by atoms with van der Waals surface area (Å²) < 4.78 is 0. The molecule has 1 N–H and O–H groups in total. The molecule has 2 rings (SSSR count). The molecular formula is C16H28BrNO.